The van der Waals surface area contributed by atoms with Crippen LogP contribution < -0.4 is 10.9 Å². The number of pyridine rings is 1. The fraction of sp³-hybridized carbons (Fsp3) is 0.526. The first-order valence-corrected chi connectivity index (χ1v) is 8.72. The lowest BCUT2D eigenvalue weighted by molar-refractivity contribution is 0.206. The summed E-state index contributed by atoms with van der Waals surface area (Å²) < 4.78 is 0. The third kappa shape index (κ3) is 4.14. The Kier molecular flexibility index (Phi) is 5.01. The number of aromatic amines is 1. The second-order valence-electron chi connectivity index (χ2n) is 7.08. The first kappa shape index (κ1) is 16.1. The molecule has 0 aliphatic carbocycles. The molecule has 1 aromatic heterocycles. The number of H-pyrrole nitrogens is 1. The van der Waals surface area contributed by atoms with E-state index in [0.717, 1.165) is 28.9 Å². The highest BCUT2D eigenvalue weighted by Gasteiger charge is 2.19. The summed E-state index contributed by atoms with van der Waals surface area (Å²) in [5, 5.41) is 5.40. The SMILES string of the molecule is CC(C)CCN1CCCC(Nc2ccc3c(=O)[nH]ccc3c2)C1. The highest BCUT2D eigenvalue weighted by atomic mass is 16.1. The maximum atomic E-state index is 11.8. The summed E-state index contributed by atoms with van der Waals surface area (Å²) in [6.45, 7) is 8.11. The van der Waals surface area contributed by atoms with Crippen molar-refractivity contribution in [3.8, 4) is 0 Å². The fourth-order valence-corrected chi connectivity index (χ4v) is 3.33. The van der Waals surface area contributed by atoms with Crippen LogP contribution >= 0.6 is 0 Å². The minimum atomic E-state index is -0.0217. The van der Waals surface area contributed by atoms with Crippen molar-refractivity contribution in [1.29, 1.82) is 0 Å². The highest BCUT2D eigenvalue weighted by molar-refractivity contribution is 5.84. The topological polar surface area (TPSA) is 48.1 Å². The number of hydrogen-bond acceptors (Lipinski definition) is 3. The van der Waals surface area contributed by atoms with Crippen LogP contribution in [0.4, 0.5) is 5.69 Å². The molecule has 1 aromatic carbocycles. The van der Waals surface area contributed by atoms with Crippen LogP contribution in [0.15, 0.2) is 35.3 Å². The summed E-state index contributed by atoms with van der Waals surface area (Å²) in [6, 6.07) is 8.46. The number of anilines is 1. The van der Waals surface area contributed by atoms with Crippen LogP contribution in [0.3, 0.4) is 0 Å². The summed E-state index contributed by atoms with van der Waals surface area (Å²) in [7, 11) is 0. The molecule has 1 atom stereocenters. The van der Waals surface area contributed by atoms with Gasteiger partial charge in [-0.25, -0.2) is 0 Å². The van der Waals surface area contributed by atoms with Crippen LogP contribution in [0.25, 0.3) is 10.8 Å². The van der Waals surface area contributed by atoms with Crippen LogP contribution in [0.1, 0.15) is 33.1 Å². The highest BCUT2D eigenvalue weighted by Crippen LogP contribution is 2.20. The molecule has 0 bridgehead atoms. The molecule has 23 heavy (non-hydrogen) atoms. The first-order chi connectivity index (χ1) is 11.1. The number of nitrogens with one attached hydrogen (secondary N) is 2. The summed E-state index contributed by atoms with van der Waals surface area (Å²) in [6.07, 6.45) is 5.45. The first-order valence-electron chi connectivity index (χ1n) is 8.72. The molecule has 2 heterocycles. The number of piperidine rings is 1. The Balaban J connectivity index is 1.65. The smallest absolute Gasteiger partial charge is 0.255 e. The molecule has 1 unspecified atom stereocenters. The minimum Gasteiger partial charge on any atom is -0.381 e. The van der Waals surface area contributed by atoms with Gasteiger partial charge in [0.2, 0.25) is 0 Å². The molecule has 3 rings (SSSR count). The lowest BCUT2D eigenvalue weighted by atomic mass is 10.0. The molecule has 0 amide bonds. The van der Waals surface area contributed by atoms with Gasteiger partial charge in [0.1, 0.15) is 0 Å². The van der Waals surface area contributed by atoms with E-state index in [1.807, 2.05) is 18.2 Å². The summed E-state index contributed by atoms with van der Waals surface area (Å²) in [5.41, 5.74) is 1.09. The second-order valence-corrected chi connectivity index (χ2v) is 7.08. The van der Waals surface area contributed by atoms with Crippen molar-refractivity contribution in [1.82, 2.24) is 9.88 Å². The number of benzene rings is 1. The number of aromatic nitrogens is 1. The largest absolute Gasteiger partial charge is 0.381 e. The molecule has 1 fully saturated rings. The molecule has 1 saturated heterocycles. The zero-order valence-electron chi connectivity index (χ0n) is 14.1. The van der Waals surface area contributed by atoms with Gasteiger partial charge in [-0.1, -0.05) is 13.8 Å². The third-order valence-electron chi connectivity index (χ3n) is 4.67. The quantitative estimate of drug-likeness (QED) is 0.889. The zero-order valence-corrected chi connectivity index (χ0v) is 14.1. The monoisotopic (exact) mass is 313 g/mol. The summed E-state index contributed by atoms with van der Waals surface area (Å²) in [5.74, 6) is 0.766. The normalized spacial score (nSPS) is 19.3. The van der Waals surface area contributed by atoms with Gasteiger partial charge in [0.15, 0.2) is 0 Å². The second kappa shape index (κ2) is 7.18. The number of likely N-dealkylation sites (tertiary alicyclic amines) is 1. The molecule has 2 aromatic rings. The van der Waals surface area contributed by atoms with E-state index in [4.69, 9.17) is 0 Å². The minimum absolute atomic E-state index is 0.0217. The molecule has 1 aliphatic heterocycles. The molecule has 1 aliphatic rings. The van der Waals surface area contributed by atoms with E-state index in [1.54, 1.807) is 6.20 Å². The lowest BCUT2D eigenvalue weighted by Crippen LogP contribution is -2.42. The predicted octanol–water partition coefficient (Wildman–Crippen LogP) is 3.45. The molecular formula is C19H27N3O. The Labute approximate surface area is 137 Å². The number of rotatable bonds is 5. The van der Waals surface area contributed by atoms with Crippen LogP contribution in [0, 0.1) is 5.92 Å². The number of hydrogen-bond donors (Lipinski definition) is 2. The van der Waals surface area contributed by atoms with Crippen LogP contribution in [0.2, 0.25) is 0 Å². The van der Waals surface area contributed by atoms with Crippen molar-refractivity contribution in [2.24, 2.45) is 5.92 Å². The Bertz CT molecular complexity index is 707. The van der Waals surface area contributed by atoms with E-state index in [0.29, 0.717) is 6.04 Å². The average molecular weight is 313 g/mol. The van der Waals surface area contributed by atoms with E-state index in [2.05, 4.69) is 35.1 Å². The Morgan fingerprint density at radius 1 is 1.35 bits per heavy atom. The fourth-order valence-electron chi connectivity index (χ4n) is 3.33. The van der Waals surface area contributed by atoms with Gasteiger partial charge in [0, 0.05) is 29.9 Å². The van der Waals surface area contributed by atoms with Crippen LogP contribution in [-0.2, 0) is 0 Å². The van der Waals surface area contributed by atoms with Crippen molar-refractivity contribution >= 4 is 16.5 Å². The zero-order chi connectivity index (χ0) is 16.2. The van der Waals surface area contributed by atoms with Gasteiger partial charge < -0.3 is 15.2 Å². The standard InChI is InChI=1S/C19H27N3O/c1-14(2)8-11-22-10-3-4-17(13-22)21-16-5-6-18-15(12-16)7-9-20-19(18)23/h5-7,9,12,14,17,21H,3-4,8,10-11,13H2,1-2H3,(H,20,23). The molecule has 0 radical (unpaired) electrons. The maximum Gasteiger partial charge on any atom is 0.255 e. The van der Waals surface area contributed by atoms with Crippen molar-refractivity contribution in [3.63, 3.8) is 0 Å². The van der Waals surface area contributed by atoms with Crippen molar-refractivity contribution in [3.05, 3.63) is 40.8 Å². The van der Waals surface area contributed by atoms with Gasteiger partial charge in [-0.15, -0.1) is 0 Å². The van der Waals surface area contributed by atoms with E-state index in [1.165, 1.54) is 32.4 Å². The van der Waals surface area contributed by atoms with Crippen molar-refractivity contribution in [2.75, 3.05) is 25.0 Å². The third-order valence-corrected chi connectivity index (χ3v) is 4.67. The van der Waals surface area contributed by atoms with Crippen molar-refractivity contribution in [2.45, 2.75) is 39.2 Å². The van der Waals surface area contributed by atoms with E-state index in [9.17, 15) is 4.79 Å². The van der Waals surface area contributed by atoms with E-state index in [-0.39, 0.29) is 5.56 Å². The molecule has 4 nitrogen and oxygen atoms in total. The van der Waals surface area contributed by atoms with E-state index < -0.39 is 0 Å². The predicted molar refractivity (Wildman–Crippen MR) is 97.1 cm³/mol. The molecule has 4 heteroatoms. The molecule has 124 valence electrons. The number of fused-ring (bicyclic) bond motifs is 1. The van der Waals surface area contributed by atoms with Gasteiger partial charge in [-0.2, -0.15) is 0 Å². The van der Waals surface area contributed by atoms with Gasteiger partial charge >= 0.3 is 0 Å². The number of nitrogens with zero attached hydrogens (tertiary/aromatic N) is 1. The summed E-state index contributed by atoms with van der Waals surface area (Å²) in [4.78, 5) is 17.1. The Morgan fingerprint density at radius 3 is 3.04 bits per heavy atom. The molecule has 0 spiro atoms. The summed E-state index contributed by atoms with van der Waals surface area (Å²) >= 11 is 0. The van der Waals surface area contributed by atoms with Crippen molar-refractivity contribution < 1.29 is 0 Å². The lowest BCUT2D eigenvalue weighted by Gasteiger charge is -2.34. The Hall–Kier alpha value is -1.81. The van der Waals surface area contributed by atoms with Crippen LogP contribution in [-0.4, -0.2) is 35.6 Å². The van der Waals surface area contributed by atoms with Gasteiger partial charge in [0.25, 0.3) is 5.56 Å². The van der Waals surface area contributed by atoms with E-state index >= 15 is 0 Å². The van der Waals surface area contributed by atoms with Gasteiger partial charge in [0.05, 0.1) is 0 Å². The van der Waals surface area contributed by atoms with Gasteiger partial charge in [-0.3, -0.25) is 4.79 Å². The average Bonchev–Trinajstić information content (AvgIpc) is 2.53. The Morgan fingerprint density at radius 2 is 2.22 bits per heavy atom. The maximum absolute atomic E-state index is 11.8. The molecular weight excluding hydrogens is 286 g/mol. The molecule has 0 saturated carbocycles. The molecule has 2 N–H and O–H groups in total. The van der Waals surface area contributed by atoms with Crippen LogP contribution in [0.5, 0.6) is 0 Å². The van der Waals surface area contributed by atoms with Gasteiger partial charge in [-0.05, 0) is 67.9 Å².